The second kappa shape index (κ2) is 7.10. The number of aryl methyl sites for hydroxylation is 2. The molecular formula is C20H24N6O2. The minimum absolute atomic E-state index is 0.0142. The van der Waals surface area contributed by atoms with Crippen LogP contribution in [0.2, 0.25) is 0 Å². The smallest absolute Gasteiger partial charge is 0.232 e. The van der Waals surface area contributed by atoms with Gasteiger partial charge in [0.25, 0.3) is 0 Å². The molecule has 0 aliphatic carbocycles. The van der Waals surface area contributed by atoms with Crippen LogP contribution in [-0.4, -0.2) is 34.9 Å². The molecule has 4 N–H and O–H groups in total. The standard InChI is InChI=1S/C20H24N6O2/c1-11-5-6-13(9-12(11)2)22-19(28)14-10-15(27)23-18-16(14)17(21)24-20(25-18)26-7-3-4-8-26/h5-6,9,14H,3-4,7-8,10H2,1-2H3,(H,22,28)(H3,21,23,24,25,27). The Hall–Kier alpha value is -3.16. The van der Waals surface area contributed by atoms with Crippen LogP contribution in [0.25, 0.3) is 0 Å². The summed E-state index contributed by atoms with van der Waals surface area (Å²) in [6, 6.07) is 5.71. The van der Waals surface area contributed by atoms with Crippen molar-refractivity contribution in [2.75, 3.05) is 34.4 Å². The molecule has 3 heterocycles. The molecule has 1 aromatic carbocycles. The van der Waals surface area contributed by atoms with Crippen LogP contribution in [0, 0.1) is 13.8 Å². The van der Waals surface area contributed by atoms with Crippen LogP contribution in [0.3, 0.4) is 0 Å². The van der Waals surface area contributed by atoms with E-state index < -0.39 is 5.92 Å². The first-order chi connectivity index (χ1) is 13.4. The lowest BCUT2D eigenvalue weighted by molar-refractivity contribution is -0.123. The topological polar surface area (TPSA) is 113 Å². The van der Waals surface area contributed by atoms with Gasteiger partial charge in [-0.1, -0.05) is 6.07 Å². The summed E-state index contributed by atoms with van der Waals surface area (Å²) in [5, 5.41) is 5.65. The first-order valence-corrected chi connectivity index (χ1v) is 9.52. The van der Waals surface area contributed by atoms with Gasteiger partial charge < -0.3 is 21.3 Å². The minimum atomic E-state index is -0.724. The summed E-state index contributed by atoms with van der Waals surface area (Å²) in [5.41, 5.74) is 9.62. The number of carbonyl (C=O) groups is 2. The second-order valence-corrected chi connectivity index (χ2v) is 7.46. The van der Waals surface area contributed by atoms with Gasteiger partial charge in [-0.2, -0.15) is 9.97 Å². The lowest BCUT2D eigenvalue weighted by Crippen LogP contribution is -2.33. The lowest BCUT2D eigenvalue weighted by atomic mass is 9.91. The third-order valence-electron chi connectivity index (χ3n) is 5.44. The summed E-state index contributed by atoms with van der Waals surface area (Å²) in [6.45, 7) is 5.73. The Morgan fingerprint density at radius 3 is 2.68 bits per heavy atom. The van der Waals surface area contributed by atoms with Crippen molar-refractivity contribution in [1.82, 2.24) is 9.97 Å². The highest BCUT2D eigenvalue weighted by Crippen LogP contribution is 2.37. The van der Waals surface area contributed by atoms with E-state index >= 15 is 0 Å². The van der Waals surface area contributed by atoms with Crippen LogP contribution in [0.15, 0.2) is 18.2 Å². The molecule has 1 atom stereocenters. The quantitative estimate of drug-likeness (QED) is 0.753. The zero-order chi connectivity index (χ0) is 19.8. The van der Waals surface area contributed by atoms with Crippen LogP contribution >= 0.6 is 0 Å². The van der Waals surface area contributed by atoms with Gasteiger partial charge in [-0.05, 0) is 49.9 Å². The molecule has 1 aromatic heterocycles. The number of nitrogens with two attached hydrogens (primary N) is 1. The monoisotopic (exact) mass is 380 g/mol. The third-order valence-corrected chi connectivity index (χ3v) is 5.44. The highest BCUT2D eigenvalue weighted by molar-refractivity contribution is 6.05. The zero-order valence-corrected chi connectivity index (χ0v) is 16.1. The van der Waals surface area contributed by atoms with E-state index in [4.69, 9.17) is 5.73 Å². The number of nitrogens with zero attached hydrogens (tertiary/aromatic N) is 3. The fourth-order valence-corrected chi connectivity index (χ4v) is 3.71. The van der Waals surface area contributed by atoms with Crippen LogP contribution in [0.4, 0.5) is 23.3 Å². The number of rotatable bonds is 3. The number of benzene rings is 1. The summed E-state index contributed by atoms with van der Waals surface area (Å²) >= 11 is 0. The van der Waals surface area contributed by atoms with Gasteiger partial charge in [-0.25, -0.2) is 0 Å². The summed E-state index contributed by atoms with van der Waals surface area (Å²) in [7, 11) is 0. The Bertz CT molecular complexity index is 952. The summed E-state index contributed by atoms with van der Waals surface area (Å²) in [4.78, 5) is 36.1. The predicted molar refractivity (Wildman–Crippen MR) is 108 cm³/mol. The number of hydrogen-bond donors (Lipinski definition) is 3. The number of hydrogen-bond acceptors (Lipinski definition) is 6. The molecule has 0 spiro atoms. The molecule has 8 nitrogen and oxygen atoms in total. The molecule has 1 fully saturated rings. The Morgan fingerprint density at radius 2 is 1.96 bits per heavy atom. The van der Waals surface area contributed by atoms with Crippen LogP contribution in [0.1, 0.15) is 41.9 Å². The van der Waals surface area contributed by atoms with Crippen LogP contribution in [0.5, 0.6) is 0 Å². The molecule has 146 valence electrons. The van der Waals surface area contributed by atoms with E-state index in [1.165, 1.54) is 0 Å². The summed E-state index contributed by atoms with van der Waals surface area (Å²) < 4.78 is 0. The van der Waals surface area contributed by atoms with Crippen LogP contribution < -0.4 is 21.3 Å². The van der Waals surface area contributed by atoms with E-state index in [9.17, 15) is 9.59 Å². The molecule has 2 aliphatic heterocycles. The van der Waals surface area contributed by atoms with Gasteiger partial charge in [0.05, 0.1) is 11.5 Å². The lowest BCUT2D eigenvalue weighted by Gasteiger charge is -2.26. The van der Waals surface area contributed by atoms with E-state index in [2.05, 4.69) is 20.6 Å². The normalized spacial score (nSPS) is 18.6. The fourth-order valence-electron chi connectivity index (χ4n) is 3.71. The van der Waals surface area contributed by atoms with E-state index in [1.54, 1.807) is 0 Å². The maximum absolute atomic E-state index is 13.0. The van der Waals surface area contributed by atoms with E-state index in [0.717, 1.165) is 37.1 Å². The molecule has 28 heavy (non-hydrogen) atoms. The van der Waals surface area contributed by atoms with Crippen molar-refractivity contribution in [1.29, 1.82) is 0 Å². The predicted octanol–water partition coefficient (Wildman–Crippen LogP) is 2.34. The molecular weight excluding hydrogens is 356 g/mol. The fraction of sp³-hybridized carbons (Fsp3) is 0.400. The molecule has 0 saturated carbocycles. The highest BCUT2D eigenvalue weighted by Gasteiger charge is 2.35. The van der Waals surface area contributed by atoms with Crippen molar-refractivity contribution < 1.29 is 9.59 Å². The Balaban J connectivity index is 1.64. The van der Waals surface area contributed by atoms with Gasteiger partial charge in [0.15, 0.2) is 0 Å². The number of anilines is 4. The first kappa shape index (κ1) is 18.2. The average Bonchev–Trinajstić information content (AvgIpc) is 3.18. The number of nitrogens with one attached hydrogen (secondary N) is 2. The molecule has 8 heteroatoms. The molecule has 0 radical (unpaired) electrons. The number of fused-ring (bicyclic) bond motifs is 1. The van der Waals surface area contributed by atoms with Crippen molar-refractivity contribution in [2.24, 2.45) is 0 Å². The number of carbonyl (C=O) groups excluding carboxylic acids is 2. The maximum Gasteiger partial charge on any atom is 0.232 e. The second-order valence-electron chi connectivity index (χ2n) is 7.46. The minimum Gasteiger partial charge on any atom is -0.383 e. The largest absolute Gasteiger partial charge is 0.383 e. The molecule has 1 saturated heterocycles. The van der Waals surface area contributed by atoms with Gasteiger partial charge in [-0.15, -0.1) is 0 Å². The molecule has 1 unspecified atom stereocenters. The SMILES string of the molecule is Cc1ccc(NC(=O)C2CC(=O)Nc3nc(N4CCCC4)nc(N)c32)cc1C. The van der Waals surface area contributed by atoms with Gasteiger partial charge in [0.1, 0.15) is 11.6 Å². The molecule has 0 bridgehead atoms. The van der Waals surface area contributed by atoms with Crippen molar-refractivity contribution in [3.8, 4) is 0 Å². The summed E-state index contributed by atoms with van der Waals surface area (Å²) in [5.74, 6) is -0.179. The van der Waals surface area contributed by atoms with Crippen LogP contribution in [-0.2, 0) is 9.59 Å². The molecule has 4 rings (SSSR count). The Labute approximate surface area is 163 Å². The van der Waals surface area contributed by atoms with Crippen molar-refractivity contribution >= 4 is 35.1 Å². The molecule has 2 aliphatic rings. The van der Waals surface area contributed by atoms with Crippen molar-refractivity contribution in [3.63, 3.8) is 0 Å². The van der Waals surface area contributed by atoms with E-state index in [-0.39, 0.29) is 24.1 Å². The van der Waals surface area contributed by atoms with E-state index in [1.807, 2.05) is 36.9 Å². The highest BCUT2D eigenvalue weighted by atomic mass is 16.2. The first-order valence-electron chi connectivity index (χ1n) is 9.52. The van der Waals surface area contributed by atoms with Gasteiger partial charge in [0.2, 0.25) is 17.8 Å². The Morgan fingerprint density at radius 1 is 1.21 bits per heavy atom. The number of aromatic nitrogens is 2. The zero-order valence-electron chi connectivity index (χ0n) is 16.1. The third kappa shape index (κ3) is 3.37. The average molecular weight is 380 g/mol. The Kier molecular flexibility index (Phi) is 4.62. The summed E-state index contributed by atoms with van der Waals surface area (Å²) in [6.07, 6.45) is 2.17. The number of amides is 2. The van der Waals surface area contributed by atoms with E-state index in [0.29, 0.717) is 23.0 Å². The van der Waals surface area contributed by atoms with Gasteiger partial charge >= 0.3 is 0 Å². The van der Waals surface area contributed by atoms with Gasteiger partial charge in [0, 0.05) is 25.2 Å². The number of nitrogen functional groups attached to an aromatic ring is 1. The van der Waals surface area contributed by atoms with Crippen molar-refractivity contribution in [3.05, 3.63) is 34.9 Å². The molecule has 2 amide bonds. The van der Waals surface area contributed by atoms with Gasteiger partial charge in [-0.3, -0.25) is 9.59 Å². The molecule has 2 aromatic rings. The maximum atomic E-state index is 13.0. The van der Waals surface area contributed by atoms with Crippen molar-refractivity contribution in [2.45, 2.75) is 39.0 Å².